The lowest BCUT2D eigenvalue weighted by Crippen LogP contribution is -2.46. The Balaban J connectivity index is 1.38. The quantitative estimate of drug-likeness (QED) is 0.399. The standard InChI is InChI=1S/C29H32F3N5O3/c1-3-18-14-20(26(38)34-21-7-5-12-37(2)16-21)9-10-24(18)35-28-33-15-23(29(30,31)32)27(36-28)40-25-8-4-6-19-11-13-39-17-22(19)25/h4,6,8-10,14-15,21H,3,5,7,11-13,16-17H2,1-2H3,(H,34,38)(H,33,35,36). The van der Waals surface area contributed by atoms with Crippen LogP contribution in [-0.2, 0) is 30.4 Å². The summed E-state index contributed by atoms with van der Waals surface area (Å²) in [7, 11) is 2.04. The number of ether oxygens (including phenoxy) is 2. The van der Waals surface area contributed by atoms with Gasteiger partial charge in [-0.3, -0.25) is 4.79 Å². The van der Waals surface area contributed by atoms with Crippen LogP contribution in [0.25, 0.3) is 0 Å². The molecule has 1 aromatic heterocycles. The topological polar surface area (TPSA) is 88.6 Å². The molecule has 11 heteroatoms. The maximum atomic E-state index is 13.8. The summed E-state index contributed by atoms with van der Waals surface area (Å²) in [4.78, 5) is 23.1. The zero-order valence-electron chi connectivity index (χ0n) is 22.5. The average molecular weight is 556 g/mol. The highest BCUT2D eigenvalue weighted by Gasteiger charge is 2.37. The highest BCUT2D eigenvalue weighted by Crippen LogP contribution is 2.39. The number of halogens is 3. The zero-order valence-corrected chi connectivity index (χ0v) is 22.5. The molecule has 40 heavy (non-hydrogen) atoms. The van der Waals surface area contributed by atoms with Crippen molar-refractivity contribution in [1.29, 1.82) is 0 Å². The summed E-state index contributed by atoms with van der Waals surface area (Å²) in [5, 5.41) is 6.11. The Labute approximate surface area is 230 Å². The van der Waals surface area contributed by atoms with Crippen LogP contribution in [0, 0.1) is 0 Å². The molecule has 0 radical (unpaired) electrons. The van der Waals surface area contributed by atoms with Gasteiger partial charge in [-0.25, -0.2) is 4.98 Å². The Kier molecular flexibility index (Phi) is 8.22. The van der Waals surface area contributed by atoms with Gasteiger partial charge in [-0.05, 0) is 74.7 Å². The van der Waals surface area contributed by atoms with Crippen LogP contribution < -0.4 is 15.4 Å². The number of likely N-dealkylation sites (tertiary alicyclic amines) is 1. The Morgan fingerprint density at radius 1 is 1.25 bits per heavy atom. The summed E-state index contributed by atoms with van der Waals surface area (Å²) < 4.78 is 52.7. The van der Waals surface area contributed by atoms with E-state index in [-0.39, 0.29) is 30.3 Å². The number of likely N-dealkylation sites (N-methyl/N-ethyl adjacent to an activating group) is 1. The van der Waals surface area contributed by atoms with E-state index in [0.29, 0.717) is 42.5 Å². The van der Waals surface area contributed by atoms with Crippen molar-refractivity contribution in [2.24, 2.45) is 0 Å². The van der Waals surface area contributed by atoms with Gasteiger partial charge >= 0.3 is 6.18 Å². The fourth-order valence-corrected chi connectivity index (χ4v) is 5.09. The fraction of sp³-hybridized carbons (Fsp3) is 0.414. The first-order chi connectivity index (χ1) is 19.2. The van der Waals surface area contributed by atoms with Crippen LogP contribution in [0.3, 0.4) is 0 Å². The van der Waals surface area contributed by atoms with Gasteiger partial charge in [0.1, 0.15) is 11.3 Å². The van der Waals surface area contributed by atoms with E-state index in [0.717, 1.165) is 37.1 Å². The number of rotatable bonds is 7. The number of amides is 1. The molecule has 1 atom stereocenters. The lowest BCUT2D eigenvalue weighted by atomic mass is 10.0. The molecule has 2 aromatic carbocycles. The highest BCUT2D eigenvalue weighted by molar-refractivity contribution is 5.95. The molecule has 2 aliphatic heterocycles. The van der Waals surface area contributed by atoms with Crippen molar-refractivity contribution in [3.05, 3.63) is 70.4 Å². The smallest absolute Gasteiger partial charge is 0.423 e. The normalized spacial score (nSPS) is 17.7. The summed E-state index contributed by atoms with van der Waals surface area (Å²) in [6, 6.07) is 10.5. The number of piperidine rings is 1. The number of aromatic nitrogens is 2. The largest absolute Gasteiger partial charge is 0.438 e. The van der Waals surface area contributed by atoms with Gasteiger partial charge in [0.25, 0.3) is 5.91 Å². The number of fused-ring (bicyclic) bond motifs is 1. The molecule has 212 valence electrons. The zero-order chi connectivity index (χ0) is 28.3. The van der Waals surface area contributed by atoms with E-state index < -0.39 is 17.6 Å². The number of carbonyl (C=O) groups is 1. The van der Waals surface area contributed by atoms with Crippen molar-refractivity contribution in [3.8, 4) is 11.6 Å². The van der Waals surface area contributed by atoms with E-state index >= 15 is 0 Å². The van der Waals surface area contributed by atoms with Crippen LogP contribution in [0.5, 0.6) is 11.6 Å². The molecule has 0 saturated carbocycles. The molecule has 3 aromatic rings. The summed E-state index contributed by atoms with van der Waals surface area (Å²) in [5.74, 6) is -0.545. The van der Waals surface area contributed by atoms with Crippen molar-refractivity contribution < 1.29 is 27.4 Å². The van der Waals surface area contributed by atoms with Crippen LogP contribution in [0.15, 0.2) is 42.6 Å². The molecule has 0 aliphatic carbocycles. The number of hydrogen-bond donors (Lipinski definition) is 2. The lowest BCUT2D eigenvalue weighted by Gasteiger charge is -2.30. The van der Waals surface area contributed by atoms with Gasteiger partial charge in [-0.2, -0.15) is 18.2 Å². The second kappa shape index (κ2) is 11.8. The van der Waals surface area contributed by atoms with E-state index in [1.165, 1.54) is 0 Å². The van der Waals surface area contributed by atoms with Gasteiger partial charge in [0.05, 0.1) is 13.2 Å². The second-order valence-electron chi connectivity index (χ2n) is 10.1. The van der Waals surface area contributed by atoms with Gasteiger partial charge < -0.3 is 25.0 Å². The van der Waals surface area contributed by atoms with Crippen molar-refractivity contribution in [2.45, 2.75) is 51.4 Å². The first-order valence-electron chi connectivity index (χ1n) is 13.4. The molecule has 3 heterocycles. The first-order valence-corrected chi connectivity index (χ1v) is 13.4. The van der Waals surface area contributed by atoms with Crippen LogP contribution >= 0.6 is 0 Å². The predicted molar refractivity (Wildman–Crippen MR) is 144 cm³/mol. The monoisotopic (exact) mass is 555 g/mol. The summed E-state index contributed by atoms with van der Waals surface area (Å²) in [5.41, 5.74) is 2.50. The third kappa shape index (κ3) is 6.37. The molecule has 0 spiro atoms. The van der Waals surface area contributed by atoms with E-state index in [1.54, 1.807) is 30.3 Å². The Bertz CT molecular complexity index is 1380. The number of carbonyl (C=O) groups excluding carboxylic acids is 1. The lowest BCUT2D eigenvalue weighted by molar-refractivity contribution is -0.139. The van der Waals surface area contributed by atoms with Crippen molar-refractivity contribution in [1.82, 2.24) is 20.2 Å². The van der Waals surface area contributed by atoms with E-state index in [2.05, 4.69) is 25.5 Å². The van der Waals surface area contributed by atoms with Crippen molar-refractivity contribution in [3.63, 3.8) is 0 Å². The summed E-state index contributed by atoms with van der Waals surface area (Å²) >= 11 is 0. The number of nitrogens with zero attached hydrogens (tertiary/aromatic N) is 3. The van der Waals surface area contributed by atoms with E-state index in [9.17, 15) is 18.0 Å². The molecule has 1 saturated heterocycles. The number of aryl methyl sites for hydroxylation is 1. The molecular weight excluding hydrogens is 523 g/mol. The second-order valence-corrected chi connectivity index (χ2v) is 10.1. The summed E-state index contributed by atoms with van der Waals surface area (Å²) in [6.45, 7) is 4.55. The molecule has 2 aliphatic rings. The highest BCUT2D eigenvalue weighted by atomic mass is 19.4. The molecule has 8 nitrogen and oxygen atoms in total. The number of benzene rings is 2. The van der Waals surface area contributed by atoms with Crippen LogP contribution in [0.4, 0.5) is 24.8 Å². The molecule has 1 unspecified atom stereocenters. The SMILES string of the molecule is CCc1cc(C(=O)NC2CCCN(C)C2)ccc1Nc1ncc(C(F)(F)F)c(Oc2cccc3c2COCC3)n1. The van der Waals surface area contributed by atoms with Crippen molar-refractivity contribution in [2.75, 3.05) is 32.1 Å². The Morgan fingerprint density at radius 2 is 2.10 bits per heavy atom. The van der Waals surface area contributed by atoms with Gasteiger partial charge in [-0.15, -0.1) is 0 Å². The maximum Gasteiger partial charge on any atom is 0.423 e. The Hall–Kier alpha value is -3.70. The van der Waals surface area contributed by atoms with Crippen LogP contribution in [0.1, 0.15) is 52.4 Å². The predicted octanol–water partition coefficient (Wildman–Crippen LogP) is 5.49. The number of nitrogens with one attached hydrogen (secondary N) is 2. The number of alkyl halides is 3. The molecule has 1 amide bonds. The molecule has 0 bridgehead atoms. The van der Waals surface area contributed by atoms with Gasteiger partial charge in [0.15, 0.2) is 0 Å². The summed E-state index contributed by atoms with van der Waals surface area (Å²) in [6.07, 6.45) is -0.799. The minimum absolute atomic E-state index is 0.0545. The number of anilines is 2. The van der Waals surface area contributed by atoms with Crippen molar-refractivity contribution >= 4 is 17.5 Å². The third-order valence-corrected chi connectivity index (χ3v) is 7.21. The molecule has 2 N–H and O–H groups in total. The molecular formula is C29H32F3N5O3. The Morgan fingerprint density at radius 3 is 2.88 bits per heavy atom. The fourth-order valence-electron chi connectivity index (χ4n) is 5.09. The van der Waals surface area contributed by atoms with Gasteiger partial charge in [0.2, 0.25) is 11.8 Å². The third-order valence-electron chi connectivity index (χ3n) is 7.21. The van der Waals surface area contributed by atoms with Gasteiger partial charge in [0, 0.05) is 35.6 Å². The minimum Gasteiger partial charge on any atom is -0.438 e. The van der Waals surface area contributed by atoms with Gasteiger partial charge in [-0.1, -0.05) is 19.1 Å². The van der Waals surface area contributed by atoms with E-state index in [4.69, 9.17) is 9.47 Å². The average Bonchev–Trinajstić information content (AvgIpc) is 2.93. The van der Waals surface area contributed by atoms with E-state index in [1.807, 2.05) is 20.0 Å². The molecule has 5 rings (SSSR count). The van der Waals surface area contributed by atoms with Crippen LogP contribution in [-0.4, -0.2) is 53.6 Å². The maximum absolute atomic E-state index is 13.8. The number of hydrogen-bond acceptors (Lipinski definition) is 7. The minimum atomic E-state index is -4.71. The first kappa shape index (κ1) is 27.9. The molecule has 1 fully saturated rings. The van der Waals surface area contributed by atoms with Crippen LogP contribution in [0.2, 0.25) is 0 Å².